The molecule has 2 aromatic carbocycles. The molecule has 1 aliphatic carbocycles. The summed E-state index contributed by atoms with van der Waals surface area (Å²) in [5.41, 5.74) is 3.35. The molecule has 1 unspecified atom stereocenters. The summed E-state index contributed by atoms with van der Waals surface area (Å²) < 4.78 is 41.8. The first-order valence-electron chi connectivity index (χ1n) is 11.0. The normalized spacial score (nSPS) is 21.5. The fourth-order valence-corrected chi connectivity index (χ4v) is 5.09. The summed E-state index contributed by atoms with van der Waals surface area (Å²) >= 11 is 0. The maximum Gasteiger partial charge on any atom is 0.413 e. The van der Waals surface area contributed by atoms with Gasteiger partial charge in [-0.25, -0.2) is 0 Å². The molecule has 0 saturated carbocycles. The molecule has 2 aromatic rings. The molecule has 0 spiro atoms. The highest BCUT2D eigenvalue weighted by Crippen LogP contribution is 2.41. The number of anilines is 1. The number of likely N-dealkylation sites (tertiary alicyclic amines) is 1. The number of fused-ring (bicyclic) bond motifs is 1. The third-order valence-electron chi connectivity index (χ3n) is 7.03. The van der Waals surface area contributed by atoms with E-state index in [2.05, 4.69) is 31.3 Å². The average molecular weight is 446 g/mol. The van der Waals surface area contributed by atoms with Crippen molar-refractivity contribution in [2.24, 2.45) is 5.92 Å². The van der Waals surface area contributed by atoms with Crippen LogP contribution >= 0.6 is 0 Å². The van der Waals surface area contributed by atoms with Gasteiger partial charge in [0.1, 0.15) is 0 Å². The first kappa shape index (κ1) is 22.6. The molecule has 0 aromatic heterocycles. The van der Waals surface area contributed by atoms with Gasteiger partial charge in [-0.15, -0.1) is 0 Å². The van der Waals surface area contributed by atoms with Gasteiger partial charge in [-0.1, -0.05) is 50.2 Å². The Morgan fingerprint density at radius 2 is 1.75 bits per heavy atom. The van der Waals surface area contributed by atoms with Crippen LogP contribution in [0.5, 0.6) is 0 Å². The van der Waals surface area contributed by atoms with Gasteiger partial charge in [0.15, 0.2) is 6.04 Å². The summed E-state index contributed by atoms with van der Waals surface area (Å²) in [5.74, 6) is -0.833. The van der Waals surface area contributed by atoms with Crippen molar-refractivity contribution in [1.29, 1.82) is 0 Å². The van der Waals surface area contributed by atoms with Crippen molar-refractivity contribution in [3.63, 3.8) is 0 Å². The van der Waals surface area contributed by atoms with Crippen LogP contribution in [0.1, 0.15) is 36.6 Å². The molecule has 0 radical (unpaired) electrons. The van der Waals surface area contributed by atoms with Gasteiger partial charge in [0.25, 0.3) is 0 Å². The summed E-state index contributed by atoms with van der Waals surface area (Å²) in [6.45, 7) is 5.36. The van der Waals surface area contributed by atoms with Crippen molar-refractivity contribution in [3.05, 3.63) is 65.2 Å². The van der Waals surface area contributed by atoms with Crippen molar-refractivity contribution in [2.45, 2.75) is 43.9 Å². The largest absolute Gasteiger partial charge is 0.413 e. The van der Waals surface area contributed by atoms with Gasteiger partial charge in [0, 0.05) is 37.3 Å². The van der Waals surface area contributed by atoms with Crippen LogP contribution in [0.4, 0.5) is 18.9 Å². The van der Waals surface area contributed by atoms with Gasteiger partial charge in [0.2, 0.25) is 5.91 Å². The van der Waals surface area contributed by atoms with Gasteiger partial charge in [-0.2, -0.15) is 13.2 Å². The van der Waals surface area contributed by atoms with E-state index in [-0.39, 0.29) is 22.9 Å². The molecule has 1 N–H and O–H groups in total. The Labute approximate surface area is 187 Å². The molecule has 2 aliphatic rings. The lowest BCUT2D eigenvalue weighted by Gasteiger charge is -2.40. The smallest absolute Gasteiger partial charge is 0.381 e. The van der Waals surface area contributed by atoms with Crippen molar-refractivity contribution in [2.75, 3.05) is 32.5 Å². The first-order valence-corrected chi connectivity index (χ1v) is 11.0. The van der Waals surface area contributed by atoms with Crippen LogP contribution < -0.4 is 5.32 Å². The molecule has 1 heterocycles. The summed E-state index contributed by atoms with van der Waals surface area (Å²) in [5, 5.41) is 3.51. The molecular weight excluding hydrogens is 415 g/mol. The minimum absolute atomic E-state index is 0.0700. The van der Waals surface area contributed by atoms with Gasteiger partial charge < -0.3 is 15.1 Å². The average Bonchev–Trinajstić information content (AvgIpc) is 2.95. The zero-order chi connectivity index (χ0) is 23.3. The van der Waals surface area contributed by atoms with E-state index in [1.54, 1.807) is 12.1 Å². The van der Waals surface area contributed by atoms with E-state index in [9.17, 15) is 18.0 Å². The molecule has 1 amide bonds. The number of carbonyl (C=O) groups excluding carboxylic acids is 1. The van der Waals surface area contributed by atoms with Crippen LogP contribution in [0.2, 0.25) is 0 Å². The maximum absolute atomic E-state index is 13.9. The highest BCUT2D eigenvalue weighted by Gasteiger charge is 2.47. The number of rotatable bonds is 5. The Kier molecular flexibility index (Phi) is 5.74. The molecule has 4 nitrogen and oxygen atoms in total. The number of halogens is 3. The quantitative estimate of drug-likeness (QED) is 0.729. The van der Waals surface area contributed by atoms with Gasteiger partial charge >= 0.3 is 6.18 Å². The predicted octanol–water partition coefficient (Wildman–Crippen LogP) is 4.62. The van der Waals surface area contributed by atoms with Crippen LogP contribution in [0, 0.1) is 5.92 Å². The number of amides is 1. The molecule has 1 aliphatic heterocycles. The Morgan fingerprint density at radius 3 is 2.31 bits per heavy atom. The van der Waals surface area contributed by atoms with E-state index in [4.69, 9.17) is 0 Å². The van der Waals surface area contributed by atoms with E-state index in [0.717, 1.165) is 17.0 Å². The monoisotopic (exact) mass is 445 g/mol. The fraction of sp³-hybridized carbons (Fsp3) is 0.480. The Hall–Kier alpha value is -2.54. The minimum atomic E-state index is -4.55. The highest BCUT2D eigenvalue weighted by molar-refractivity contribution is 5.80. The molecule has 0 bridgehead atoms. The van der Waals surface area contributed by atoms with E-state index in [0.29, 0.717) is 13.1 Å². The van der Waals surface area contributed by atoms with Gasteiger partial charge in [-0.05, 0) is 42.3 Å². The molecule has 32 heavy (non-hydrogen) atoms. The summed E-state index contributed by atoms with van der Waals surface area (Å²) in [6.07, 6.45) is -3.69. The summed E-state index contributed by atoms with van der Waals surface area (Å²) in [4.78, 5) is 15.4. The molecule has 172 valence electrons. The van der Waals surface area contributed by atoms with Crippen LogP contribution in [-0.2, 0) is 16.6 Å². The molecule has 1 saturated heterocycles. The second-order valence-electron chi connectivity index (χ2n) is 9.71. The van der Waals surface area contributed by atoms with Gasteiger partial charge in [-0.3, -0.25) is 4.79 Å². The predicted molar refractivity (Wildman–Crippen MR) is 120 cm³/mol. The zero-order valence-corrected chi connectivity index (χ0v) is 18.9. The Bertz CT molecular complexity index is 981. The molecule has 1 fully saturated rings. The minimum Gasteiger partial charge on any atom is -0.381 e. The third-order valence-corrected chi connectivity index (χ3v) is 7.03. The van der Waals surface area contributed by atoms with Crippen molar-refractivity contribution >= 4 is 11.6 Å². The number of benzene rings is 2. The van der Waals surface area contributed by atoms with Crippen LogP contribution in [0.15, 0.2) is 48.5 Å². The number of hydrogen-bond acceptors (Lipinski definition) is 3. The Morgan fingerprint density at radius 1 is 1.12 bits per heavy atom. The molecular formula is C25H30F3N3O. The lowest BCUT2D eigenvalue weighted by Crippen LogP contribution is -2.53. The lowest BCUT2D eigenvalue weighted by molar-refractivity contribution is -0.192. The third kappa shape index (κ3) is 4.10. The Balaban J connectivity index is 1.51. The summed E-state index contributed by atoms with van der Waals surface area (Å²) in [6, 6.07) is 12.8. The van der Waals surface area contributed by atoms with Crippen LogP contribution in [0.25, 0.3) is 0 Å². The summed E-state index contributed by atoms with van der Waals surface area (Å²) in [7, 11) is 3.10. The molecule has 4 rings (SSSR count). The van der Waals surface area contributed by atoms with Crippen LogP contribution in [-0.4, -0.2) is 55.1 Å². The molecule has 2 atom stereocenters. The fourth-order valence-electron chi connectivity index (χ4n) is 5.09. The zero-order valence-electron chi connectivity index (χ0n) is 18.9. The number of alkyl halides is 3. The van der Waals surface area contributed by atoms with E-state index >= 15 is 0 Å². The number of carbonyl (C=O) groups is 1. The van der Waals surface area contributed by atoms with Gasteiger partial charge in [0.05, 0.1) is 5.92 Å². The van der Waals surface area contributed by atoms with Crippen LogP contribution in [0.3, 0.4) is 0 Å². The number of nitrogens with one attached hydrogen (secondary N) is 1. The number of nitrogens with zero attached hydrogens (tertiary/aromatic N) is 2. The topological polar surface area (TPSA) is 35.6 Å². The van der Waals surface area contributed by atoms with Crippen molar-refractivity contribution < 1.29 is 18.0 Å². The second kappa shape index (κ2) is 8.10. The maximum atomic E-state index is 13.9. The standard InChI is InChI=1S/C25H30F3N3O/c1-24(2)20-8-6-5-7-17(20)13-21(24)29-19-11-9-16(10-12-19)22(25(26,27)28)31(4)23(32)18-14-30(3)15-18/h5-12,18,21-22,29H,13-15H2,1-4H3/t21?,22-/m0/s1. The van der Waals surface area contributed by atoms with E-state index in [1.165, 1.54) is 30.3 Å². The lowest BCUT2D eigenvalue weighted by atomic mass is 9.83. The molecule has 7 heteroatoms. The second-order valence-corrected chi connectivity index (χ2v) is 9.71. The first-order chi connectivity index (χ1) is 15.0. The van der Waals surface area contributed by atoms with E-state index in [1.807, 2.05) is 24.1 Å². The van der Waals surface area contributed by atoms with E-state index < -0.39 is 18.1 Å². The SMILES string of the molecule is CN1CC(C(=O)N(C)[C@@H](c2ccc(NC3Cc4ccccc4C3(C)C)cc2)C(F)(F)F)C1. The highest BCUT2D eigenvalue weighted by atomic mass is 19.4. The number of hydrogen-bond donors (Lipinski definition) is 1. The van der Waals surface area contributed by atoms with Crippen molar-refractivity contribution in [1.82, 2.24) is 9.80 Å². The van der Waals surface area contributed by atoms with Crippen molar-refractivity contribution in [3.8, 4) is 0 Å².